The highest BCUT2D eigenvalue weighted by molar-refractivity contribution is 7.78. The Balaban J connectivity index is 3.26. The Morgan fingerprint density at radius 2 is 2.33 bits per heavy atom. The second kappa shape index (κ2) is 3.95. The molecule has 0 heterocycles. The van der Waals surface area contributed by atoms with Crippen LogP contribution in [0, 0.1) is 5.82 Å². The highest BCUT2D eigenvalue weighted by Crippen LogP contribution is 2.29. The molecule has 0 aliphatic heterocycles. The largest absolute Gasteiger partial charge is 0.491 e. The van der Waals surface area contributed by atoms with Crippen LogP contribution in [-0.4, -0.2) is 12.3 Å². The molecule has 0 aliphatic carbocycles. The van der Waals surface area contributed by atoms with Crippen molar-refractivity contribution < 1.29 is 9.13 Å². The maximum absolute atomic E-state index is 12.9. The zero-order valence-corrected chi connectivity index (χ0v) is 7.19. The van der Waals surface area contributed by atoms with Gasteiger partial charge in [0.2, 0.25) is 0 Å². The van der Waals surface area contributed by atoms with Crippen LogP contribution in [-0.2, 0) is 0 Å². The van der Waals surface area contributed by atoms with Gasteiger partial charge in [-0.05, 0) is 24.4 Å². The van der Waals surface area contributed by atoms with Gasteiger partial charge in [0.05, 0.1) is 12.3 Å². The van der Waals surface area contributed by atoms with Gasteiger partial charge < -0.3 is 4.74 Å². The Morgan fingerprint density at radius 1 is 1.58 bits per heavy atom. The summed E-state index contributed by atoms with van der Waals surface area (Å²) in [4.78, 5) is 3.64. The lowest BCUT2D eigenvalue weighted by atomic mass is 10.3. The van der Waals surface area contributed by atoms with Gasteiger partial charge in [0.1, 0.15) is 5.69 Å². The van der Waals surface area contributed by atoms with Crippen LogP contribution < -0.4 is 4.74 Å². The Kier molecular flexibility index (Phi) is 2.91. The highest BCUT2D eigenvalue weighted by Gasteiger charge is 2.06. The first-order valence-corrected chi connectivity index (χ1v) is 3.60. The molecule has 2 nitrogen and oxygen atoms in total. The maximum Gasteiger partial charge on any atom is 0.181 e. The van der Waals surface area contributed by atoms with Gasteiger partial charge >= 0.3 is 0 Å². The third kappa shape index (κ3) is 1.67. The first kappa shape index (κ1) is 8.84. The predicted octanol–water partition coefficient (Wildman–Crippen LogP) is 2.57. The van der Waals surface area contributed by atoms with Gasteiger partial charge in [-0.25, -0.2) is 4.39 Å². The van der Waals surface area contributed by atoms with Crippen LogP contribution in [0.25, 0.3) is 0 Å². The van der Waals surface area contributed by atoms with Crippen LogP contribution in [0.5, 0.6) is 5.75 Å². The van der Waals surface area contributed by atoms with E-state index in [0.29, 0.717) is 5.69 Å². The molecule has 0 spiro atoms. The summed E-state index contributed by atoms with van der Waals surface area (Å²) in [5.41, 5.74) is 0.354. The minimum atomic E-state index is -0.455. The summed E-state index contributed by atoms with van der Waals surface area (Å²) in [7, 11) is 1.38. The van der Waals surface area contributed by atoms with Crippen molar-refractivity contribution in [3.8, 4) is 5.75 Å². The molecule has 0 atom stereocenters. The lowest BCUT2D eigenvalue weighted by Gasteiger charge is -2.02. The fraction of sp³-hybridized carbons (Fsp3) is 0.125. The number of para-hydroxylation sites is 1. The first-order chi connectivity index (χ1) is 5.79. The third-order valence-corrected chi connectivity index (χ3v) is 1.41. The van der Waals surface area contributed by atoms with E-state index in [-0.39, 0.29) is 5.75 Å². The van der Waals surface area contributed by atoms with Crippen LogP contribution in [0.1, 0.15) is 0 Å². The molecule has 0 unspecified atom stereocenters. The first-order valence-electron chi connectivity index (χ1n) is 3.20. The molecule has 0 N–H and O–H groups in total. The number of halogens is 1. The molecule has 62 valence electrons. The summed E-state index contributed by atoms with van der Waals surface area (Å²) in [5, 5.41) is 2.15. The number of hydrogen-bond acceptors (Lipinski definition) is 3. The molecule has 0 aromatic heterocycles. The van der Waals surface area contributed by atoms with E-state index in [2.05, 4.69) is 22.4 Å². The zero-order chi connectivity index (χ0) is 8.97. The zero-order valence-electron chi connectivity index (χ0n) is 6.37. The number of hydrogen-bond donors (Lipinski definition) is 0. The molecule has 0 saturated heterocycles. The van der Waals surface area contributed by atoms with E-state index >= 15 is 0 Å². The molecule has 0 amide bonds. The van der Waals surface area contributed by atoms with Gasteiger partial charge in [-0.2, -0.15) is 4.99 Å². The standard InChI is InChI=1S/C8H6FNOS/c1-11-8-6(9)3-2-4-7(8)10-5-12/h2-4H,1H3. The number of ether oxygens (including phenoxy) is 1. The molecule has 0 saturated carbocycles. The van der Waals surface area contributed by atoms with Crippen LogP contribution in [0.15, 0.2) is 23.2 Å². The fourth-order valence-electron chi connectivity index (χ4n) is 0.837. The molecular formula is C8H6FNOS. The average molecular weight is 183 g/mol. The molecule has 4 heteroatoms. The maximum atomic E-state index is 12.9. The van der Waals surface area contributed by atoms with Crippen LogP contribution in [0.4, 0.5) is 10.1 Å². The van der Waals surface area contributed by atoms with Crippen molar-refractivity contribution in [1.29, 1.82) is 0 Å². The number of benzene rings is 1. The van der Waals surface area contributed by atoms with Crippen molar-refractivity contribution >= 4 is 23.1 Å². The van der Waals surface area contributed by atoms with E-state index in [9.17, 15) is 4.39 Å². The molecular weight excluding hydrogens is 177 g/mol. The Bertz CT molecular complexity index is 334. The number of thiocarbonyl (C=S) groups is 1. The van der Waals surface area contributed by atoms with E-state index in [4.69, 9.17) is 4.74 Å². The summed E-state index contributed by atoms with van der Waals surface area (Å²) >= 11 is 4.39. The summed E-state index contributed by atoms with van der Waals surface area (Å²) in [6, 6.07) is 4.42. The van der Waals surface area contributed by atoms with Gasteiger partial charge in [-0.15, -0.1) is 0 Å². The number of rotatable bonds is 2. The number of nitrogens with zero attached hydrogens (tertiary/aromatic N) is 1. The summed E-state index contributed by atoms with van der Waals surface area (Å²) in [6.45, 7) is 0. The van der Waals surface area contributed by atoms with Crippen molar-refractivity contribution in [1.82, 2.24) is 0 Å². The summed E-state index contributed by atoms with van der Waals surface area (Å²) < 4.78 is 17.7. The van der Waals surface area contributed by atoms with Crippen LogP contribution >= 0.6 is 12.2 Å². The molecule has 1 aromatic rings. The molecule has 0 aliphatic rings. The van der Waals surface area contributed by atoms with Gasteiger partial charge in [-0.1, -0.05) is 6.07 Å². The average Bonchev–Trinajstić information content (AvgIpc) is 2.05. The van der Waals surface area contributed by atoms with E-state index in [1.165, 1.54) is 19.2 Å². The Labute approximate surface area is 74.7 Å². The third-order valence-electron chi connectivity index (χ3n) is 1.32. The monoisotopic (exact) mass is 183 g/mol. The van der Waals surface area contributed by atoms with Crippen molar-refractivity contribution in [2.24, 2.45) is 4.99 Å². The van der Waals surface area contributed by atoms with Gasteiger partial charge in [0, 0.05) is 0 Å². The minimum absolute atomic E-state index is 0.0925. The second-order valence-corrected chi connectivity index (χ2v) is 2.18. The van der Waals surface area contributed by atoms with E-state index in [0.717, 1.165) is 0 Å². The summed E-state index contributed by atoms with van der Waals surface area (Å²) in [5.74, 6) is -0.362. The lowest BCUT2D eigenvalue weighted by Crippen LogP contribution is -1.87. The predicted molar refractivity (Wildman–Crippen MR) is 47.6 cm³/mol. The number of methoxy groups -OCH3 is 1. The fourth-order valence-corrected chi connectivity index (χ4v) is 0.935. The molecule has 1 aromatic carbocycles. The van der Waals surface area contributed by atoms with E-state index in [1.54, 1.807) is 6.07 Å². The Morgan fingerprint density at radius 3 is 2.92 bits per heavy atom. The van der Waals surface area contributed by atoms with Crippen molar-refractivity contribution in [2.45, 2.75) is 0 Å². The van der Waals surface area contributed by atoms with Crippen molar-refractivity contribution in [3.63, 3.8) is 0 Å². The molecule has 12 heavy (non-hydrogen) atoms. The lowest BCUT2D eigenvalue weighted by molar-refractivity contribution is 0.388. The van der Waals surface area contributed by atoms with E-state index < -0.39 is 5.82 Å². The number of isothiocyanates is 1. The molecule has 0 bridgehead atoms. The Hall–Kier alpha value is -1.25. The van der Waals surface area contributed by atoms with Gasteiger partial charge in [0.15, 0.2) is 11.6 Å². The smallest absolute Gasteiger partial charge is 0.181 e. The normalized spacial score (nSPS) is 8.83. The van der Waals surface area contributed by atoms with Crippen LogP contribution in [0.2, 0.25) is 0 Å². The minimum Gasteiger partial charge on any atom is -0.491 e. The highest BCUT2D eigenvalue weighted by atomic mass is 32.1. The molecule has 0 fully saturated rings. The second-order valence-electron chi connectivity index (χ2n) is 2.00. The number of aliphatic imine (C=N–C) groups is 1. The SMILES string of the molecule is COc1c(F)cccc1N=C=S. The van der Waals surface area contributed by atoms with E-state index in [1.807, 2.05) is 0 Å². The quantitative estimate of drug-likeness (QED) is 0.519. The van der Waals surface area contributed by atoms with Crippen molar-refractivity contribution in [3.05, 3.63) is 24.0 Å². The molecule has 1 rings (SSSR count). The van der Waals surface area contributed by atoms with Crippen molar-refractivity contribution in [2.75, 3.05) is 7.11 Å². The van der Waals surface area contributed by atoms with Crippen LogP contribution in [0.3, 0.4) is 0 Å². The van der Waals surface area contributed by atoms with Gasteiger partial charge in [-0.3, -0.25) is 0 Å². The van der Waals surface area contributed by atoms with Gasteiger partial charge in [0.25, 0.3) is 0 Å². The summed E-state index contributed by atoms with van der Waals surface area (Å²) in [6.07, 6.45) is 0. The topological polar surface area (TPSA) is 21.6 Å². The molecule has 0 radical (unpaired) electrons.